The van der Waals surface area contributed by atoms with Crippen LogP contribution in [0.5, 0.6) is 0 Å². The van der Waals surface area contributed by atoms with Crippen LogP contribution in [0.15, 0.2) is 243 Å². The number of carboxylic acid groups (broad SMARTS) is 1. The summed E-state index contributed by atoms with van der Waals surface area (Å²) < 4.78 is 29.7. The van der Waals surface area contributed by atoms with Crippen LogP contribution >= 0.6 is 58.0 Å². The Morgan fingerprint density at radius 1 is 0.311 bits per heavy atom. The van der Waals surface area contributed by atoms with Gasteiger partial charge in [0.25, 0.3) is 0 Å². The fourth-order valence-electron chi connectivity index (χ4n) is 16.2. The van der Waals surface area contributed by atoms with E-state index in [1.165, 1.54) is 0 Å². The molecular weight excluding hydrogens is 1800 g/mol. The Labute approximate surface area is 816 Å². The first kappa shape index (κ1) is 104. The van der Waals surface area contributed by atoms with Gasteiger partial charge in [-0.2, -0.15) is 0 Å². The van der Waals surface area contributed by atoms with Gasteiger partial charge in [0.15, 0.2) is 6.10 Å². The minimum absolute atomic E-state index is 0.0928. The number of carboxylic acids is 1. The van der Waals surface area contributed by atoms with Crippen molar-refractivity contribution in [1.82, 2.24) is 24.9 Å². The zero-order chi connectivity index (χ0) is 98.5. The minimum atomic E-state index is -1.10. The van der Waals surface area contributed by atoms with Crippen LogP contribution in [0.4, 0.5) is 0 Å². The van der Waals surface area contributed by atoms with E-state index in [1.807, 2.05) is 294 Å². The Bertz CT molecular complexity index is 6710. The Morgan fingerprint density at radius 2 is 0.548 bits per heavy atom. The molecule has 5 aromatic heterocycles. The van der Waals surface area contributed by atoms with Gasteiger partial charge in [0.1, 0.15) is 37.6 Å². The summed E-state index contributed by atoms with van der Waals surface area (Å²) in [6, 6.07) is 67.2. The summed E-state index contributed by atoms with van der Waals surface area (Å²) in [7, 11) is 0. The minimum Gasteiger partial charge on any atom is -0.479 e. The largest absolute Gasteiger partial charge is 0.479 e. The summed E-state index contributed by atoms with van der Waals surface area (Å²) in [6.45, 7) is 37.9. The van der Waals surface area contributed by atoms with Crippen LogP contribution in [0, 0.1) is 45.4 Å². The molecule has 0 bridgehead atoms. The van der Waals surface area contributed by atoms with Crippen LogP contribution in [0.25, 0.3) is 110 Å². The highest BCUT2D eigenvalue weighted by Crippen LogP contribution is 2.47. The first-order valence-electron chi connectivity index (χ1n) is 44.5. The highest BCUT2D eigenvalue weighted by Gasteiger charge is 2.35. The van der Waals surface area contributed by atoms with E-state index in [2.05, 4.69) is 49.2 Å². The van der Waals surface area contributed by atoms with Gasteiger partial charge in [-0.05, 0) is 366 Å². The number of ether oxygens (including phenoxy) is 5. The number of carbonyl (C=O) groups excluding carboxylic acids is 2. The molecule has 0 unspecified atom stereocenters. The molecule has 23 heteroatoms. The number of fused-ring (bicyclic) bond motifs is 5. The maximum Gasteiger partial charge on any atom is 0.337 e. The molecule has 0 saturated heterocycles. The average molecular weight is 1920 g/mol. The molecular formula is C112H118Cl5N5O13. The summed E-state index contributed by atoms with van der Waals surface area (Å²) in [4.78, 5) is 59.2. The predicted molar refractivity (Wildman–Crippen MR) is 548 cm³/mol. The number of aliphatic hydroxyl groups is 4. The average Bonchev–Trinajstić information content (AvgIpc) is 0.759. The second-order valence-corrected chi connectivity index (χ2v) is 40.5. The Morgan fingerprint density at radius 3 is 0.807 bits per heavy atom. The summed E-state index contributed by atoms with van der Waals surface area (Å²) in [5.74, 6) is -1.63. The number of esters is 2. The number of aliphatic hydroxyl groups excluding tert-OH is 4. The van der Waals surface area contributed by atoms with Gasteiger partial charge < -0.3 is 49.2 Å². The molecule has 135 heavy (non-hydrogen) atoms. The highest BCUT2D eigenvalue weighted by atomic mass is 35.5. The molecule has 0 aliphatic heterocycles. The van der Waals surface area contributed by atoms with Crippen molar-refractivity contribution in [2.24, 2.45) is 10.8 Å². The summed E-state index contributed by atoms with van der Waals surface area (Å²) in [5, 5.41) is 58.7. The number of aryl methyl sites for hydroxylation is 5. The van der Waals surface area contributed by atoms with Crippen molar-refractivity contribution in [3.63, 3.8) is 0 Å². The molecule has 5 N–H and O–H groups in total. The molecule has 0 amide bonds. The third kappa shape index (κ3) is 26.8. The molecule has 704 valence electrons. The molecule has 15 aromatic rings. The van der Waals surface area contributed by atoms with Crippen molar-refractivity contribution >= 4 is 130 Å². The lowest BCUT2D eigenvalue weighted by molar-refractivity contribution is -0.162. The van der Waals surface area contributed by atoms with Crippen LogP contribution < -0.4 is 0 Å². The van der Waals surface area contributed by atoms with Crippen molar-refractivity contribution in [2.75, 3.05) is 26.4 Å². The van der Waals surface area contributed by atoms with Crippen molar-refractivity contribution in [3.8, 4) is 55.6 Å². The zero-order valence-corrected chi connectivity index (χ0v) is 83.7. The van der Waals surface area contributed by atoms with Gasteiger partial charge >= 0.3 is 17.9 Å². The Balaban J connectivity index is 0.000000163. The smallest absolute Gasteiger partial charge is 0.337 e. The van der Waals surface area contributed by atoms with Crippen LogP contribution in [0.3, 0.4) is 0 Å². The molecule has 0 radical (unpaired) electrons. The van der Waals surface area contributed by atoms with Gasteiger partial charge in [0, 0.05) is 88.6 Å². The molecule has 0 aliphatic carbocycles. The number of rotatable bonds is 20. The molecule has 18 nitrogen and oxygen atoms in total. The van der Waals surface area contributed by atoms with E-state index >= 15 is 0 Å². The molecule has 0 fully saturated rings. The molecule has 5 heterocycles. The van der Waals surface area contributed by atoms with E-state index in [1.54, 1.807) is 63.9 Å². The molecule has 0 spiro atoms. The number of nitrogens with zero attached hydrogens (tertiary/aromatic N) is 5. The van der Waals surface area contributed by atoms with Crippen LogP contribution in [0.2, 0.25) is 25.1 Å². The predicted octanol–water partition coefficient (Wildman–Crippen LogP) is 28.2. The fraction of sp³-hybridized carbons (Fsp3) is 0.304. The maximum absolute atomic E-state index is 12.6. The van der Waals surface area contributed by atoms with Gasteiger partial charge in [-0.3, -0.25) is 34.5 Å². The fourth-order valence-corrected chi connectivity index (χ4v) is 16.9. The molecule has 15 rings (SSSR count). The number of benzene rings is 10. The van der Waals surface area contributed by atoms with E-state index in [4.69, 9.17) is 81.7 Å². The van der Waals surface area contributed by atoms with Crippen molar-refractivity contribution < 1.29 is 63.6 Å². The lowest BCUT2D eigenvalue weighted by Gasteiger charge is -2.31. The Kier molecular flexibility index (Phi) is 34.6. The van der Waals surface area contributed by atoms with Gasteiger partial charge in [0.2, 0.25) is 0 Å². The number of aromatic nitrogens is 5. The lowest BCUT2D eigenvalue weighted by Crippen LogP contribution is -2.30. The Hall–Kier alpha value is -11.2. The summed E-state index contributed by atoms with van der Waals surface area (Å²) in [6.07, 6.45) is 4.94. The highest BCUT2D eigenvalue weighted by molar-refractivity contribution is 6.32. The number of halogens is 5. The van der Waals surface area contributed by atoms with Crippen molar-refractivity contribution in [1.29, 1.82) is 0 Å². The monoisotopic (exact) mass is 1920 g/mol. The van der Waals surface area contributed by atoms with Gasteiger partial charge in [-0.25, -0.2) is 4.79 Å². The van der Waals surface area contributed by atoms with Crippen molar-refractivity contribution in [2.45, 2.75) is 186 Å². The number of carbonyl (C=O) groups is 3. The number of aliphatic carboxylic acids is 1. The maximum atomic E-state index is 12.6. The number of hydrogen-bond donors (Lipinski definition) is 5. The normalized spacial score (nSPS) is 13.0. The van der Waals surface area contributed by atoms with Crippen LogP contribution in [-0.2, 0) is 38.1 Å². The third-order valence-corrected chi connectivity index (χ3v) is 23.3. The number of hydrogen-bond acceptors (Lipinski definition) is 17. The van der Waals surface area contributed by atoms with E-state index in [9.17, 15) is 39.9 Å². The topological polar surface area (TPSA) is 263 Å². The van der Waals surface area contributed by atoms with Gasteiger partial charge in [-0.1, -0.05) is 149 Å². The molecule has 0 aliphatic rings. The summed E-state index contributed by atoms with van der Waals surface area (Å²) in [5.41, 5.74) is 19.9. The molecule has 5 atom stereocenters. The quantitative estimate of drug-likeness (QED) is 0.0444. The third-order valence-electron chi connectivity index (χ3n) is 22.0. The molecule has 10 aromatic carbocycles. The standard InChI is InChI=1S/C27H32ClNO3.C23H24ClNO3.C22H22ClNO3.C22H24ClNO2.C18H16ClNO2/c1-17-15-21-20(9-8-14-29-21)24(18-10-12-19(28)13-11-18)23(17)22(32-27(5,6)7)16-31-25(30)26(2,3)4;1-14-12-18-17(6-5-11-25-18)21(15-7-9-16(24)10-8-15)20(14)19(26)13-28-22(27)23(2,3)4;1-13-12-17-16(6-5-11-24-17)19(14-7-9-15(23)10-8-14)18(13)20(21(25)26)27-22(2,3)4;1-14-12-18-17(6-5-11-24-18)21(15-7-9-16(23)10-8-15)20(14)19(13-25)26-22(2,3)4;1-11-9-15-14(3-2-8-20-15)18(17(11)16(22)10-21)12-4-6-13(19)7-5-12/h8-15,22H,16H2,1-7H3;5-12,19,26H,13H2,1-4H3;5-12,20H,1-4H3,(H,25,26);5-12,19,25H,13H2,1-4H3;2-9,16,21-22H,10H2,1H3/t22-;19-;20-;19-;16-/m11011/s1. The van der Waals surface area contributed by atoms with E-state index < -0.39 is 58.5 Å². The van der Waals surface area contributed by atoms with E-state index in [-0.39, 0.29) is 44.0 Å². The second-order valence-electron chi connectivity index (χ2n) is 38.3. The van der Waals surface area contributed by atoms with E-state index in [0.29, 0.717) is 30.7 Å². The molecule has 0 saturated carbocycles. The van der Waals surface area contributed by atoms with Gasteiger partial charge in [-0.15, -0.1) is 0 Å². The first-order chi connectivity index (χ1) is 63.6. The second kappa shape index (κ2) is 44.8. The van der Waals surface area contributed by atoms with Crippen molar-refractivity contribution in [3.05, 3.63) is 324 Å². The van der Waals surface area contributed by atoms with Gasteiger partial charge in [0.05, 0.1) is 68.4 Å². The number of pyridine rings is 5. The summed E-state index contributed by atoms with van der Waals surface area (Å²) >= 11 is 30.4. The van der Waals surface area contributed by atoms with Crippen LogP contribution in [0.1, 0.15) is 190 Å². The zero-order valence-electron chi connectivity index (χ0n) is 79.9. The SMILES string of the molecule is Cc1cc2ncccc2c(-c2ccc(Cl)cc2)c1[C@@H](CO)OC(C)(C)C.Cc1cc2ncccc2c(-c2ccc(Cl)cc2)c1[C@@H](COC(=O)C(C)(C)C)OC(C)(C)C.Cc1cc2ncccc2c(-c2ccc(Cl)cc2)c1[C@H](O)CO.Cc1cc2ncccc2c(-c2ccc(Cl)cc2)c1[C@H](O)COC(=O)C(C)(C)C.Cc1cc2ncccc2c(-c2ccc(Cl)cc2)c1[C@H](OC(C)(C)C)C(=O)O. The van der Waals surface area contributed by atoms with Crippen LogP contribution in [-0.4, -0.2) is 112 Å². The van der Waals surface area contributed by atoms with E-state index in [0.717, 1.165) is 160 Å². The lowest BCUT2D eigenvalue weighted by atomic mass is 9.88. The first-order valence-corrected chi connectivity index (χ1v) is 46.4.